The average Bonchev–Trinajstić information content (AvgIpc) is 4.31. The van der Waals surface area contributed by atoms with Crippen molar-refractivity contribution in [2.45, 2.75) is 193 Å². The number of unbranched alkanes of at least 4 members (excludes halogenated alkanes) is 4. The molecule has 17 nitrogen and oxygen atoms in total. The van der Waals surface area contributed by atoms with Gasteiger partial charge in [-0.3, -0.25) is 14.4 Å². The van der Waals surface area contributed by atoms with Gasteiger partial charge in [0.05, 0.1) is 37.7 Å². The van der Waals surface area contributed by atoms with Crippen molar-refractivity contribution >= 4 is 32.2 Å². The summed E-state index contributed by atoms with van der Waals surface area (Å²) in [6, 6.07) is 24.5. The summed E-state index contributed by atoms with van der Waals surface area (Å²) < 4.78 is 32.2. The Kier molecular flexibility index (Phi) is 39.2. The number of rotatable bonds is 32. The highest BCUT2D eigenvalue weighted by Crippen LogP contribution is 2.40. The summed E-state index contributed by atoms with van der Waals surface area (Å²) in [6.07, 6.45) is 28.4. The number of hydrogen-bond acceptors (Lipinski definition) is 14. The Labute approximate surface area is 486 Å². The number of allylic oxidation sites excluding steroid dienone is 4. The van der Waals surface area contributed by atoms with Crippen molar-refractivity contribution in [3.8, 4) is 0 Å². The molecule has 82 heavy (non-hydrogen) atoms. The first-order valence-corrected chi connectivity index (χ1v) is 31.1. The normalized spacial score (nSPS) is 13.0. The maximum absolute atomic E-state index is 11.3. The van der Waals surface area contributed by atoms with Crippen molar-refractivity contribution in [2.75, 3.05) is 0 Å². The van der Waals surface area contributed by atoms with Crippen LogP contribution in [0.1, 0.15) is 190 Å². The Morgan fingerprint density at radius 2 is 0.915 bits per heavy atom. The van der Waals surface area contributed by atoms with Gasteiger partial charge in [-0.05, 0) is 164 Å². The molecule has 18 heteroatoms. The summed E-state index contributed by atoms with van der Waals surface area (Å²) in [5.41, 5.74) is 5.05. The third-order valence-electron chi connectivity index (χ3n) is 12.3. The Morgan fingerprint density at radius 1 is 0.549 bits per heavy atom. The Bertz CT molecular complexity index is 2400. The summed E-state index contributed by atoms with van der Waals surface area (Å²) in [5, 5.41) is 56.2. The highest BCUT2D eigenvalue weighted by molar-refractivity contribution is 6.74. The van der Waals surface area contributed by atoms with E-state index >= 15 is 0 Å². The number of aliphatic hydroxyl groups is 3. The van der Waals surface area contributed by atoms with Gasteiger partial charge in [-0.2, -0.15) is 0 Å². The lowest BCUT2D eigenvalue weighted by atomic mass is 10.1. The number of hydrogen-bond donors (Lipinski definition) is 6. The number of furan rings is 4. The van der Waals surface area contributed by atoms with Crippen molar-refractivity contribution in [1.29, 1.82) is 0 Å². The van der Waals surface area contributed by atoms with Crippen LogP contribution in [0.4, 0.5) is 0 Å². The number of esters is 1. The second-order valence-electron chi connectivity index (χ2n) is 20.8. The molecule has 0 aliphatic rings. The molecule has 0 radical (unpaired) electrons. The Balaban J connectivity index is 0.000000527. The summed E-state index contributed by atoms with van der Waals surface area (Å²) in [6.45, 7) is 15.7. The number of aliphatic carboxylic acids is 3. The van der Waals surface area contributed by atoms with Crippen molar-refractivity contribution in [3.63, 3.8) is 0 Å². The molecule has 1 aromatic carbocycles. The molecule has 8 N–H and O–H groups in total. The van der Waals surface area contributed by atoms with E-state index in [1.165, 1.54) is 18.1 Å². The number of carboxylic acids is 3. The fraction of sp³-hybridized carbons (Fsp3) is 0.469. The lowest BCUT2D eigenvalue weighted by molar-refractivity contribution is -0.386. The van der Waals surface area contributed by atoms with E-state index in [-0.39, 0.29) is 42.5 Å². The Morgan fingerprint density at radius 3 is 1.23 bits per heavy atom. The van der Waals surface area contributed by atoms with Crippen LogP contribution in [0.2, 0.25) is 18.1 Å². The fourth-order valence-corrected chi connectivity index (χ4v) is 8.10. The minimum absolute atomic E-state index is 0.0496. The van der Waals surface area contributed by atoms with Crippen LogP contribution < -0.4 is 10.8 Å². The zero-order chi connectivity index (χ0) is 61.0. The van der Waals surface area contributed by atoms with Crippen molar-refractivity contribution < 1.29 is 82.4 Å². The number of carboxylic acid groups (broad SMARTS) is 3. The number of carbonyl (C=O) groups excluding carboxylic acids is 2. The predicted octanol–water partition coefficient (Wildman–Crippen LogP) is 13.0. The largest absolute Gasteiger partial charge is 0.550 e. The molecule has 4 aromatic heterocycles. The smallest absolute Gasteiger partial charge is 0.306 e. The van der Waals surface area contributed by atoms with E-state index in [1.807, 2.05) is 86.7 Å². The van der Waals surface area contributed by atoms with Crippen LogP contribution in [0.5, 0.6) is 0 Å². The van der Waals surface area contributed by atoms with E-state index < -0.39 is 44.5 Å². The van der Waals surface area contributed by atoms with Crippen LogP contribution >= 0.6 is 0 Å². The topological polar surface area (TPSA) is 291 Å². The van der Waals surface area contributed by atoms with E-state index in [2.05, 4.69) is 57.8 Å². The maximum atomic E-state index is 11.3. The van der Waals surface area contributed by atoms with Gasteiger partial charge in [0.1, 0.15) is 47.5 Å². The summed E-state index contributed by atoms with van der Waals surface area (Å²) >= 11 is 0. The SMILES string of the molecule is CC(C)(C)[Si](C)(C)OC(CC=CCCCC(=O)O)c1ccco1.CC(C)OC(=O)CCC/C=C\CC(O)c1ccco1.O=C(O)CCCC=CCC(O)c1ccco1.O=C([O-])CCC/C=C\CC(O)c1ccco1.[NH3+]Cc1ccccc1. The molecule has 0 aliphatic carbocycles. The summed E-state index contributed by atoms with van der Waals surface area (Å²) in [4.78, 5) is 42.1. The molecular weight excluding hydrogens is 1070 g/mol. The van der Waals surface area contributed by atoms with E-state index in [0.717, 1.165) is 44.4 Å². The molecule has 0 amide bonds. The summed E-state index contributed by atoms with van der Waals surface area (Å²) in [7, 11) is -1.89. The van der Waals surface area contributed by atoms with Crippen LogP contribution in [-0.2, 0) is 34.9 Å². The van der Waals surface area contributed by atoms with Gasteiger partial charge in [-0.25, -0.2) is 0 Å². The second-order valence-corrected chi connectivity index (χ2v) is 25.6. The Hall–Kier alpha value is -6.80. The first-order chi connectivity index (χ1) is 39.1. The molecule has 4 heterocycles. The van der Waals surface area contributed by atoms with Gasteiger partial charge < -0.3 is 68.0 Å². The van der Waals surface area contributed by atoms with Gasteiger partial charge in [0.2, 0.25) is 0 Å². The lowest BCUT2D eigenvalue weighted by Gasteiger charge is -2.38. The fourth-order valence-electron chi connectivity index (χ4n) is 6.82. The number of benzene rings is 1. The first-order valence-electron chi connectivity index (χ1n) is 28.2. The standard InChI is InChI=1S/C18H30O4Si.C15H22O4.2C12H16O4.C7H9N/c1-18(2,3)23(4,5)22-16(15-12-10-14-21-15)11-8-6-7-9-13-17(19)20;1-12(2)19-15(17)10-6-4-3-5-8-13(16)14-9-7-11-18-14;2*13-10(11-7-5-9-16-11)6-3-1-2-4-8-12(14)15;8-6-7-4-2-1-3-5-7/h6,8,10,12,14,16H,7,9,11,13H2,1-5H3,(H,19,20);3,5,7,9,11-13,16H,4,6,8,10H2,1-2H3;2*1,3,5,7,9-10,13H,2,4,6,8H2,(H,14,15);1-5H,6,8H2/b;5-3-;3-1-;;. The molecular formula is C64H93NO16Si. The quantitative estimate of drug-likeness (QED) is 0.0101. The van der Waals surface area contributed by atoms with Gasteiger partial charge in [0.25, 0.3) is 0 Å². The average molecular weight is 1160 g/mol. The molecule has 454 valence electrons. The third-order valence-corrected chi connectivity index (χ3v) is 16.8. The number of carbonyl (C=O) groups is 4. The zero-order valence-corrected chi connectivity index (χ0v) is 50.3. The molecule has 0 spiro atoms. The van der Waals surface area contributed by atoms with Gasteiger partial charge >= 0.3 is 17.9 Å². The molecule has 5 rings (SSSR count). The van der Waals surface area contributed by atoms with E-state index in [0.29, 0.717) is 68.6 Å². The molecule has 5 aromatic rings. The zero-order valence-electron chi connectivity index (χ0n) is 49.3. The van der Waals surface area contributed by atoms with E-state index in [4.69, 9.17) is 37.0 Å². The van der Waals surface area contributed by atoms with Crippen molar-refractivity contribution in [2.24, 2.45) is 0 Å². The number of aliphatic hydroxyl groups excluding tert-OH is 3. The monoisotopic (exact) mass is 1160 g/mol. The molecule has 0 saturated carbocycles. The third kappa shape index (κ3) is 37.3. The minimum Gasteiger partial charge on any atom is -0.550 e. The van der Waals surface area contributed by atoms with Crippen LogP contribution in [0.3, 0.4) is 0 Å². The van der Waals surface area contributed by atoms with Crippen molar-refractivity contribution in [3.05, 3.63) is 181 Å². The van der Waals surface area contributed by atoms with Gasteiger partial charge in [-0.1, -0.05) is 99.7 Å². The van der Waals surface area contributed by atoms with Crippen LogP contribution in [-0.4, -0.2) is 63.8 Å². The lowest BCUT2D eigenvalue weighted by Crippen LogP contribution is -2.47. The number of ether oxygens (including phenoxy) is 1. The van der Waals surface area contributed by atoms with Crippen LogP contribution in [0, 0.1) is 0 Å². The predicted molar refractivity (Wildman–Crippen MR) is 316 cm³/mol. The van der Waals surface area contributed by atoms with Gasteiger partial charge in [0.15, 0.2) is 8.32 Å². The van der Waals surface area contributed by atoms with Crippen LogP contribution in [0.25, 0.3) is 0 Å². The summed E-state index contributed by atoms with van der Waals surface area (Å²) in [5.74, 6) is -0.176. The molecule has 0 saturated heterocycles. The minimum atomic E-state index is -1.89. The maximum Gasteiger partial charge on any atom is 0.306 e. The highest BCUT2D eigenvalue weighted by Gasteiger charge is 2.39. The van der Waals surface area contributed by atoms with Crippen LogP contribution in [0.15, 0.2) is 170 Å². The first kappa shape index (κ1) is 73.2. The molecule has 0 bridgehead atoms. The second kappa shape index (κ2) is 43.9. The van der Waals surface area contributed by atoms with Gasteiger partial charge in [-0.15, -0.1) is 0 Å². The molecule has 4 atom stereocenters. The number of quaternary nitrogens is 1. The molecule has 4 unspecified atom stereocenters. The molecule has 0 fully saturated rings. The highest BCUT2D eigenvalue weighted by atomic mass is 28.4. The molecule has 0 aliphatic heterocycles. The van der Waals surface area contributed by atoms with Crippen molar-refractivity contribution in [1.82, 2.24) is 0 Å². The van der Waals surface area contributed by atoms with E-state index in [1.54, 1.807) is 48.9 Å². The van der Waals surface area contributed by atoms with E-state index in [9.17, 15) is 39.6 Å². The van der Waals surface area contributed by atoms with Gasteiger partial charge in [0, 0.05) is 30.8 Å².